The summed E-state index contributed by atoms with van der Waals surface area (Å²) in [5, 5.41) is 44.3. The predicted molar refractivity (Wildman–Crippen MR) is 316 cm³/mol. The minimum Gasteiger partial charge on any atom is -0.403 e. The minimum absolute atomic E-state index is 0.00820. The Morgan fingerprint density at radius 1 is 0.593 bits per heavy atom. The van der Waals surface area contributed by atoms with Gasteiger partial charge < -0.3 is 79.7 Å². The smallest absolute Gasteiger partial charge is 0.242 e. The van der Waals surface area contributed by atoms with E-state index in [1.807, 2.05) is 87.4 Å². The first-order valence-electron chi connectivity index (χ1n) is 25.1. The zero-order valence-corrected chi connectivity index (χ0v) is 50.7. The number of likely N-dealkylation sites (N-methyl/N-ethyl adjacent to an activating group) is 1. The lowest BCUT2D eigenvalue weighted by molar-refractivity contribution is -0.127. The summed E-state index contributed by atoms with van der Waals surface area (Å²) in [7, 11) is 7.90. The molecule has 27 nitrogen and oxygen atoms in total. The molecule has 0 aliphatic carbocycles. The Morgan fingerprint density at radius 3 is 1.22 bits per heavy atom. The molecule has 0 fully saturated rings. The van der Waals surface area contributed by atoms with Crippen molar-refractivity contribution in [3.63, 3.8) is 0 Å². The van der Waals surface area contributed by atoms with E-state index in [-0.39, 0.29) is 61.0 Å². The van der Waals surface area contributed by atoms with E-state index in [4.69, 9.17) is 26.9 Å². The summed E-state index contributed by atoms with van der Waals surface area (Å²) >= 11 is 0. The van der Waals surface area contributed by atoms with E-state index in [0.717, 1.165) is 49.3 Å². The highest BCUT2D eigenvalue weighted by atomic mass is 16.3. The fraction of sp³-hybridized carbons (Fsp3) is 0.519. The quantitative estimate of drug-likeness (QED) is 0.0625. The number of nitriles is 1. The van der Waals surface area contributed by atoms with Crippen molar-refractivity contribution in [2.75, 3.05) is 80.7 Å². The molecule has 16 N–H and O–H groups in total. The summed E-state index contributed by atoms with van der Waals surface area (Å²) in [4.78, 5) is 110. The zero-order valence-electron chi connectivity index (χ0n) is 50.7. The number of hydrogen-bond donors (Lipinski definition) is 13. The van der Waals surface area contributed by atoms with Crippen LogP contribution in [0.3, 0.4) is 0 Å². The summed E-state index contributed by atoms with van der Waals surface area (Å²) < 4.78 is 0. The second-order valence-electron chi connectivity index (χ2n) is 16.7. The van der Waals surface area contributed by atoms with Crippen LogP contribution in [0.1, 0.15) is 100 Å². The van der Waals surface area contributed by atoms with Crippen LogP contribution >= 0.6 is 0 Å². The van der Waals surface area contributed by atoms with Gasteiger partial charge >= 0.3 is 0 Å². The van der Waals surface area contributed by atoms with Gasteiger partial charge in [-0.3, -0.25) is 52.9 Å². The molecule has 0 aliphatic rings. The zero-order chi connectivity index (χ0) is 64.7. The average Bonchev–Trinajstić information content (AvgIpc) is 3.36. The maximum absolute atomic E-state index is 10.5. The Morgan fingerprint density at radius 2 is 0.975 bits per heavy atom. The number of carbonyl (C=O) groups is 10. The van der Waals surface area contributed by atoms with Crippen LogP contribution in [0.2, 0.25) is 0 Å². The monoisotopic (exact) mass is 1150 g/mol. The Bertz CT molecular complexity index is 1980. The van der Waals surface area contributed by atoms with Crippen LogP contribution in [0.4, 0.5) is 0 Å². The fourth-order valence-electron chi connectivity index (χ4n) is 3.51. The molecule has 0 saturated carbocycles. The number of aliphatic hydroxyl groups is 2. The number of pyridine rings is 1. The SMILES string of the molecule is C=C(C)N.C=C(C)N(C)C.CC(=O)NC(CO)C(N)=O.CC(=O)NCC#N.CC(=O)NCC(N)=O.CC(=O)NCCN(C)C.CC(=O)NCCO.CC(=O)NCc1ccccc1.CC(=O)NCc1ccncc1.CCCCNC(C)=O. The second kappa shape index (κ2) is 65.8. The van der Waals surface area contributed by atoms with Gasteiger partial charge in [0.25, 0.3) is 0 Å². The highest BCUT2D eigenvalue weighted by Crippen LogP contribution is 1.96. The summed E-state index contributed by atoms with van der Waals surface area (Å²) in [5.41, 5.74) is 18.3. The molecular weight excluding hydrogens is 1050 g/mol. The highest BCUT2D eigenvalue weighted by Gasteiger charge is 2.13. The van der Waals surface area contributed by atoms with E-state index in [9.17, 15) is 47.9 Å². The number of allylic oxidation sites excluding steroid dienone is 2. The molecule has 1 aromatic carbocycles. The van der Waals surface area contributed by atoms with Gasteiger partial charge in [-0.05, 0) is 63.3 Å². The van der Waals surface area contributed by atoms with Crippen molar-refractivity contribution in [2.24, 2.45) is 17.2 Å². The normalized spacial score (nSPS) is 8.95. The van der Waals surface area contributed by atoms with Gasteiger partial charge in [-0.1, -0.05) is 56.8 Å². The molecule has 27 heteroatoms. The summed E-state index contributed by atoms with van der Waals surface area (Å²) in [5.74, 6) is -2.07. The standard InChI is InChI=1S/C9H11NO.C8H10N2O.C6H14N2O.C6H13NO.C5H10N2O3.C5H11N.C4H8N2O2.C4H6N2O.C4H9NO2.C3H7N/c1-8(11)10-7-9-5-3-2-4-6-9;1-7(11)10-6-8-2-4-9-5-3-8;1-6(9)7-4-5-8(2)3;1-3-4-5-7-6(2)8;1-3(9)7-4(2-8)5(6)10;1-5(2)6(3)4;1-3(7)6-2-4(5)8;1-4(7)6-3-2-5;1-4(7)5-2-3-6;1-3(2)4/h2-6H,7H2,1H3,(H,10,11);2-5H,6H2,1H3,(H,10,11);4-5H2,1-3H3,(H,7,9);3-5H2,1-2H3,(H,7,8);4,8H,2H2,1H3,(H2,6,10)(H,7,9);1H2,2-4H3;2H2,1H3,(H2,5,8)(H,6,7);3H2,1H3,(H,6,7);6H,2-3H2,1H3,(H,5,7);1,4H2,2H3. The van der Waals surface area contributed by atoms with Crippen molar-refractivity contribution in [2.45, 2.75) is 108 Å². The lowest BCUT2D eigenvalue weighted by Crippen LogP contribution is -2.45. The molecule has 1 atom stereocenters. The van der Waals surface area contributed by atoms with Gasteiger partial charge in [0, 0.05) is 127 Å². The van der Waals surface area contributed by atoms with Crippen molar-refractivity contribution >= 4 is 59.1 Å². The average molecular weight is 1150 g/mol. The van der Waals surface area contributed by atoms with E-state index in [1.54, 1.807) is 25.4 Å². The third-order valence-electron chi connectivity index (χ3n) is 7.59. The number of rotatable bonds is 19. The number of nitrogens with zero attached hydrogens (tertiary/aromatic N) is 4. The lowest BCUT2D eigenvalue weighted by Gasteiger charge is -2.09. The van der Waals surface area contributed by atoms with Crippen LogP contribution < -0.4 is 59.7 Å². The Balaban J connectivity index is -0.000000123. The molecule has 462 valence electrons. The third kappa shape index (κ3) is 112. The van der Waals surface area contributed by atoms with Crippen LogP contribution in [0.15, 0.2) is 79.4 Å². The highest BCUT2D eigenvalue weighted by molar-refractivity contribution is 5.85. The number of nitrogens with one attached hydrogen (secondary N) is 8. The van der Waals surface area contributed by atoms with E-state index in [2.05, 4.69) is 73.3 Å². The Hall–Kier alpha value is -8.48. The van der Waals surface area contributed by atoms with Gasteiger partial charge in [-0.25, -0.2) is 0 Å². The van der Waals surface area contributed by atoms with Crippen LogP contribution in [0.5, 0.6) is 0 Å². The molecule has 0 aliphatic heterocycles. The van der Waals surface area contributed by atoms with E-state index >= 15 is 0 Å². The number of hydrogen-bond acceptors (Lipinski definition) is 17. The van der Waals surface area contributed by atoms with Gasteiger partial charge in [-0.15, -0.1) is 0 Å². The molecule has 10 amide bonds. The molecule has 2 aromatic rings. The van der Waals surface area contributed by atoms with Gasteiger partial charge in [0.15, 0.2) is 0 Å². The lowest BCUT2D eigenvalue weighted by atomic mass is 10.2. The van der Waals surface area contributed by atoms with E-state index < -0.39 is 30.4 Å². The molecule has 0 spiro atoms. The fourth-order valence-corrected chi connectivity index (χ4v) is 3.51. The Kier molecular flexibility index (Phi) is 72.4. The number of unbranched alkanes of at least 4 members (excludes halogenated alkanes) is 1. The van der Waals surface area contributed by atoms with E-state index in [0.29, 0.717) is 25.3 Å². The van der Waals surface area contributed by atoms with Gasteiger partial charge in [0.2, 0.25) is 59.1 Å². The molecule has 0 saturated heterocycles. The van der Waals surface area contributed by atoms with Gasteiger partial charge in [0.1, 0.15) is 12.6 Å². The van der Waals surface area contributed by atoms with Crippen molar-refractivity contribution in [3.8, 4) is 6.07 Å². The second-order valence-corrected chi connectivity index (χ2v) is 16.7. The maximum Gasteiger partial charge on any atom is 0.242 e. The van der Waals surface area contributed by atoms with Crippen molar-refractivity contribution in [1.82, 2.24) is 57.3 Å². The first-order chi connectivity index (χ1) is 37.6. The molecule has 1 aromatic heterocycles. The predicted octanol–water partition coefficient (Wildman–Crippen LogP) is -0.455. The molecule has 1 unspecified atom stereocenters. The largest absolute Gasteiger partial charge is 0.403 e. The van der Waals surface area contributed by atoms with Crippen molar-refractivity contribution in [3.05, 3.63) is 90.5 Å². The molecule has 0 radical (unpaired) electrons. The molecule has 81 heavy (non-hydrogen) atoms. The molecule has 1 heterocycles. The molecule has 2 rings (SSSR count). The van der Waals surface area contributed by atoms with Crippen molar-refractivity contribution in [1.29, 1.82) is 5.26 Å². The number of aromatic nitrogens is 1. The van der Waals surface area contributed by atoms with Gasteiger partial charge in [-0.2, -0.15) is 5.26 Å². The van der Waals surface area contributed by atoms with Crippen LogP contribution in [0.25, 0.3) is 0 Å². The minimum atomic E-state index is -0.961. The van der Waals surface area contributed by atoms with Crippen LogP contribution in [0, 0.1) is 11.3 Å². The van der Waals surface area contributed by atoms with Crippen LogP contribution in [-0.4, -0.2) is 171 Å². The number of carbonyl (C=O) groups excluding carboxylic acids is 10. The number of nitrogens with two attached hydrogens (primary N) is 3. The molecular formula is C54H99N15O12. The topological polar surface area (TPSA) is 429 Å². The Labute approximate surface area is 481 Å². The summed E-state index contributed by atoms with van der Waals surface area (Å²) in [6.45, 7) is 27.9. The van der Waals surface area contributed by atoms with Crippen LogP contribution in [-0.2, 0) is 61.0 Å². The third-order valence-corrected chi connectivity index (χ3v) is 7.59. The molecule has 0 bridgehead atoms. The number of benzene rings is 1. The maximum atomic E-state index is 10.5. The first kappa shape index (κ1) is 89.1. The first-order valence-corrected chi connectivity index (χ1v) is 25.1. The van der Waals surface area contributed by atoms with Crippen molar-refractivity contribution < 1.29 is 58.2 Å². The van der Waals surface area contributed by atoms with E-state index in [1.165, 1.54) is 55.4 Å². The summed E-state index contributed by atoms with van der Waals surface area (Å²) in [6, 6.07) is 14.4. The number of amides is 10. The summed E-state index contributed by atoms with van der Waals surface area (Å²) in [6.07, 6.45) is 5.63. The van der Waals surface area contributed by atoms with Gasteiger partial charge in [0.05, 0.1) is 25.8 Å². The number of primary amides is 2. The number of aliphatic hydroxyl groups excluding tert-OH is 2.